The Balaban J connectivity index is 0.000000372. The Kier molecular flexibility index (Phi) is 9.60. The minimum atomic E-state index is -0.685. The van der Waals surface area contributed by atoms with Gasteiger partial charge in [-0.2, -0.15) is 15.2 Å². The molecule has 5 aliphatic rings. The normalized spacial score (nSPS) is 24.1. The summed E-state index contributed by atoms with van der Waals surface area (Å²) in [4.78, 5) is 20.3. The molecule has 0 radical (unpaired) electrons. The lowest BCUT2D eigenvalue weighted by Gasteiger charge is -2.43. The van der Waals surface area contributed by atoms with Gasteiger partial charge in [-0.15, -0.1) is 11.3 Å². The van der Waals surface area contributed by atoms with Gasteiger partial charge in [-0.05, 0) is 49.8 Å². The fraction of sp³-hybridized carbons (Fsp3) is 0.556. The number of nitrogens with zero attached hydrogens (tertiary/aromatic N) is 7. The van der Waals surface area contributed by atoms with Crippen LogP contribution in [0.5, 0.6) is 6.01 Å². The van der Waals surface area contributed by atoms with Crippen LogP contribution < -0.4 is 15.4 Å². The molecule has 3 aromatic heterocycles. The number of anilines is 2. The molecule has 4 fully saturated rings. The number of alkyl halides is 1. The summed E-state index contributed by atoms with van der Waals surface area (Å²) in [7, 11) is 1.43. The fourth-order valence-electron chi connectivity index (χ4n) is 8.95. The van der Waals surface area contributed by atoms with E-state index in [1.807, 2.05) is 6.07 Å². The molecule has 4 saturated heterocycles. The molecule has 0 spiro atoms. The molecule has 0 aliphatic carbocycles. The van der Waals surface area contributed by atoms with Gasteiger partial charge in [-0.25, -0.2) is 13.2 Å². The van der Waals surface area contributed by atoms with Crippen LogP contribution >= 0.6 is 11.3 Å². The van der Waals surface area contributed by atoms with Crippen molar-refractivity contribution in [2.75, 3.05) is 63.7 Å². The summed E-state index contributed by atoms with van der Waals surface area (Å²) in [5.41, 5.74) is 7.61. The Labute approximate surface area is 302 Å². The van der Waals surface area contributed by atoms with Crippen molar-refractivity contribution in [2.24, 2.45) is 5.92 Å². The van der Waals surface area contributed by atoms with Crippen LogP contribution in [0.2, 0.25) is 0 Å². The van der Waals surface area contributed by atoms with Gasteiger partial charge < -0.3 is 30.3 Å². The molecule has 8 heterocycles. The standard InChI is InChI=1S/C29H29F2N7O4S.C7H12FN/c1-41-29-35-25-22(28(36-29)38-14-2-3-15(38)8-37(7-14)6-13(9-39)10-40)18-12-42-11-17(18)20(23(25)31)24-21-16(4-32)27(33)43-26(21)19(30)5-34-24;8-6-4-7-2-1-3-9(7)5-6/h5,13-15,39-40H,2-3,6-12,33H2,1H3;6-7H,1-5H2. The number of hydrogen-bond acceptors (Lipinski definition) is 13. The number of fused-ring (bicyclic) bond motifs is 7. The SMILES string of the molecule is COc1nc(N2C3CCC2CN(CC(CO)CO)C3)c2c3c(c(-c4ncc(F)c5sc(N)c(C#N)c45)c(F)c2n1)COC3.FC1CC2CCCN2C1. The number of nitriles is 1. The van der Waals surface area contributed by atoms with E-state index in [2.05, 4.69) is 24.7 Å². The average Bonchev–Trinajstić information content (AvgIpc) is 3.97. The molecule has 16 heteroatoms. The van der Waals surface area contributed by atoms with Crippen LogP contribution in [0, 0.1) is 28.9 Å². The van der Waals surface area contributed by atoms with Gasteiger partial charge in [0.1, 0.15) is 28.6 Å². The second kappa shape index (κ2) is 14.2. The largest absolute Gasteiger partial charge is 0.467 e. The molecule has 4 atom stereocenters. The fourth-order valence-corrected chi connectivity index (χ4v) is 9.88. The predicted octanol–water partition coefficient (Wildman–Crippen LogP) is 4.12. The molecule has 0 saturated carbocycles. The van der Waals surface area contributed by atoms with Crippen molar-refractivity contribution in [1.82, 2.24) is 24.8 Å². The van der Waals surface area contributed by atoms with Gasteiger partial charge in [-0.3, -0.25) is 14.8 Å². The summed E-state index contributed by atoms with van der Waals surface area (Å²) in [5, 5.41) is 29.9. The van der Waals surface area contributed by atoms with Crippen LogP contribution in [-0.2, 0) is 18.0 Å². The lowest BCUT2D eigenvalue weighted by molar-refractivity contribution is 0.0991. The molecule has 1 aromatic carbocycles. The van der Waals surface area contributed by atoms with Crippen LogP contribution in [0.25, 0.3) is 32.2 Å². The van der Waals surface area contributed by atoms with Gasteiger partial charge in [0.25, 0.3) is 0 Å². The number of aromatic nitrogens is 3. The smallest absolute Gasteiger partial charge is 0.318 e. The summed E-state index contributed by atoms with van der Waals surface area (Å²) >= 11 is 0.925. The first-order valence-corrected chi connectivity index (χ1v) is 18.6. The maximum atomic E-state index is 16.9. The molecule has 4 unspecified atom stereocenters. The summed E-state index contributed by atoms with van der Waals surface area (Å²) in [5.74, 6) is -0.978. The van der Waals surface area contributed by atoms with Gasteiger partial charge in [0.2, 0.25) is 0 Å². The monoisotopic (exact) mass is 738 g/mol. The third-order valence-corrected chi connectivity index (χ3v) is 12.3. The molecule has 12 nitrogen and oxygen atoms in total. The minimum Gasteiger partial charge on any atom is -0.467 e. The van der Waals surface area contributed by atoms with Crippen molar-refractivity contribution < 1.29 is 32.9 Å². The summed E-state index contributed by atoms with van der Waals surface area (Å²) < 4.78 is 55.8. The zero-order valence-corrected chi connectivity index (χ0v) is 29.6. The van der Waals surface area contributed by atoms with Gasteiger partial charge in [0.05, 0.1) is 47.9 Å². The lowest BCUT2D eigenvalue weighted by Crippen LogP contribution is -2.55. The van der Waals surface area contributed by atoms with Gasteiger partial charge in [-0.1, -0.05) is 0 Å². The number of halogens is 3. The third kappa shape index (κ3) is 5.91. The number of pyridine rings is 1. The molecule has 276 valence electrons. The molecule has 52 heavy (non-hydrogen) atoms. The number of nitrogen functional groups attached to an aromatic ring is 1. The van der Waals surface area contributed by atoms with E-state index in [-0.39, 0.29) is 87.9 Å². The highest BCUT2D eigenvalue weighted by atomic mass is 32.1. The minimum absolute atomic E-state index is 0.00312. The number of aliphatic hydroxyl groups excluding tert-OH is 2. The quantitative estimate of drug-likeness (QED) is 0.250. The van der Waals surface area contributed by atoms with Crippen LogP contribution in [0.4, 0.5) is 24.0 Å². The van der Waals surface area contributed by atoms with E-state index < -0.39 is 17.8 Å². The highest BCUT2D eigenvalue weighted by Crippen LogP contribution is 2.48. The first-order chi connectivity index (χ1) is 25.2. The second-order valence-corrected chi connectivity index (χ2v) is 15.4. The number of piperazine rings is 1. The molecular formula is C36H41F3N8O4S. The Morgan fingerprint density at radius 2 is 1.83 bits per heavy atom. The van der Waals surface area contributed by atoms with E-state index in [1.165, 1.54) is 20.0 Å². The van der Waals surface area contributed by atoms with Crippen LogP contribution in [0.15, 0.2) is 6.20 Å². The lowest BCUT2D eigenvalue weighted by atomic mass is 9.93. The topological polar surface area (TPSA) is 157 Å². The number of hydrogen-bond donors (Lipinski definition) is 3. The van der Waals surface area contributed by atoms with Gasteiger partial charge in [0.15, 0.2) is 11.6 Å². The highest BCUT2D eigenvalue weighted by Gasteiger charge is 2.43. The Morgan fingerprint density at radius 1 is 1.08 bits per heavy atom. The first kappa shape index (κ1) is 35.2. The molecule has 5 aliphatic heterocycles. The van der Waals surface area contributed by atoms with Crippen LogP contribution in [-0.4, -0.2) is 112 Å². The molecule has 4 aromatic rings. The number of rotatable bonds is 7. The molecule has 9 rings (SSSR count). The van der Waals surface area contributed by atoms with E-state index in [0.717, 1.165) is 43.3 Å². The van der Waals surface area contributed by atoms with Crippen LogP contribution in [0.1, 0.15) is 48.8 Å². The van der Waals surface area contributed by atoms with Crippen molar-refractivity contribution in [3.05, 3.63) is 34.5 Å². The summed E-state index contributed by atoms with van der Waals surface area (Å²) in [6.45, 7) is 3.95. The number of likely N-dealkylation sites (tertiary alicyclic amines) is 1. The number of methoxy groups -OCH3 is 1. The van der Waals surface area contributed by atoms with Crippen molar-refractivity contribution in [3.63, 3.8) is 0 Å². The van der Waals surface area contributed by atoms with E-state index in [0.29, 0.717) is 54.6 Å². The number of aliphatic hydroxyl groups is 2. The van der Waals surface area contributed by atoms with E-state index in [1.54, 1.807) is 0 Å². The Hall–Kier alpha value is -3.85. The summed E-state index contributed by atoms with van der Waals surface area (Å²) in [6, 6.07) is 2.79. The highest BCUT2D eigenvalue weighted by molar-refractivity contribution is 7.23. The maximum Gasteiger partial charge on any atom is 0.318 e. The molecule has 4 N–H and O–H groups in total. The molecular weight excluding hydrogens is 698 g/mol. The first-order valence-electron chi connectivity index (χ1n) is 17.8. The zero-order chi connectivity index (χ0) is 36.3. The average molecular weight is 739 g/mol. The van der Waals surface area contributed by atoms with Crippen molar-refractivity contribution in [1.29, 1.82) is 5.26 Å². The van der Waals surface area contributed by atoms with E-state index in [9.17, 15) is 24.3 Å². The van der Waals surface area contributed by atoms with Gasteiger partial charge >= 0.3 is 6.01 Å². The Bertz CT molecular complexity index is 2030. The van der Waals surface area contributed by atoms with E-state index >= 15 is 4.39 Å². The number of ether oxygens (including phenoxy) is 2. The van der Waals surface area contributed by atoms with Crippen molar-refractivity contribution in [2.45, 2.75) is 69.6 Å². The van der Waals surface area contributed by atoms with Crippen LogP contribution in [0.3, 0.4) is 0 Å². The third-order valence-electron chi connectivity index (χ3n) is 11.3. The van der Waals surface area contributed by atoms with Gasteiger partial charge in [0, 0.05) is 74.4 Å². The van der Waals surface area contributed by atoms with Crippen molar-refractivity contribution >= 4 is 43.1 Å². The molecule has 2 bridgehead atoms. The predicted molar refractivity (Wildman–Crippen MR) is 190 cm³/mol. The number of benzene rings is 1. The van der Waals surface area contributed by atoms with Crippen molar-refractivity contribution in [3.8, 4) is 23.3 Å². The molecule has 0 amide bonds. The van der Waals surface area contributed by atoms with E-state index in [4.69, 9.17) is 20.2 Å². The maximum absolute atomic E-state index is 16.9. The summed E-state index contributed by atoms with van der Waals surface area (Å²) in [6.07, 6.45) is 5.64. The Morgan fingerprint density at radius 3 is 2.52 bits per heavy atom. The zero-order valence-electron chi connectivity index (χ0n) is 28.8. The number of thiophene rings is 1. The number of nitrogens with two attached hydrogens (primary N) is 1. The second-order valence-electron chi connectivity index (χ2n) is 14.4.